The van der Waals surface area contributed by atoms with Gasteiger partial charge >= 0.3 is 0 Å². The van der Waals surface area contributed by atoms with Gasteiger partial charge in [0.05, 0.1) is 13.2 Å². The molecule has 7 N–H and O–H groups in total. The van der Waals surface area contributed by atoms with Crippen LogP contribution in [0, 0.1) is 10.8 Å². The van der Waals surface area contributed by atoms with E-state index in [0.717, 1.165) is 0 Å². The van der Waals surface area contributed by atoms with Crippen LogP contribution in [-0.4, -0.2) is 29.4 Å². The Balaban J connectivity index is 0. The lowest BCUT2D eigenvalue weighted by atomic mass is 9.97. The lowest BCUT2D eigenvalue weighted by molar-refractivity contribution is 0.0857. The fourth-order valence-corrected chi connectivity index (χ4v) is 0.0500. The molecular weight excluding hydrogens is 146 g/mol. The summed E-state index contributed by atoms with van der Waals surface area (Å²) in [6.07, 6.45) is 0. The summed E-state index contributed by atoms with van der Waals surface area (Å²) in [6, 6.07) is 0. The van der Waals surface area contributed by atoms with Crippen molar-refractivity contribution in [3.8, 4) is 0 Å². The molecule has 5 heteroatoms. The van der Waals surface area contributed by atoms with Crippen LogP contribution in [0.4, 0.5) is 0 Å². The number of hydrogen-bond acceptors (Lipinski definition) is 3. The van der Waals surface area contributed by atoms with Crippen molar-refractivity contribution in [3.63, 3.8) is 0 Å². The minimum absolute atomic E-state index is 0.0451. The predicted molar refractivity (Wildman–Crippen MR) is 44.1 cm³/mol. The summed E-state index contributed by atoms with van der Waals surface area (Å²) >= 11 is 0. The zero-order valence-electron chi connectivity index (χ0n) is 6.96. The molecule has 68 valence electrons. The van der Waals surface area contributed by atoms with E-state index in [-0.39, 0.29) is 24.6 Å². The normalized spacial score (nSPS) is 9.82. The Morgan fingerprint density at radius 1 is 1.27 bits per heavy atom. The summed E-state index contributed by atoms with van der Waals surface area (Å²) in [5.41, 5.74) is 8.64. The first-order chi connectivity index (χ1) is 4.85. The highest BCUT2D eigenvalue weighted by atomic mass is 16.3. The van der Waals surface area contributed by atoms with Gasteiger partial charge in [0.25, 0.3) is 0 Å². The van der Waals surface area contributed by atoms with Crippen LogP contribution in [0.3, 0.4) is 0 Å². The van der Waals surface area contributed by atoms with Crippen molar-refractivity contribution in [2.45, 2.75) is 13.8 Å². The third-order valence-corrected chi connectivity index (χ3v) is 0.856. The summed E-state index contributed by atoms with van der Waals surface area (Å²) in [5, 5.41) is 22.9. The van der Waals surface area contributed by atoms with Gasteiger partial charge in [-0.1, -0.05) is 13.8 Å². The largest absolute Gasteiger partial charge is 0.396 e. The van der Waals surface area contributed by atoms with Crippen molar-refractivity contribution >= 4 is 5.96 Å². The molecule has 0 radical (unpaired) electrons. The van der Waals surface area contributed by atoms with E-state index in [4.69, 9.17) is 15.6 Å². The van der Waals surface area contributed by atoms with Crippen molar-refractivity contribution in [2.24, 2.45) is 16.9 Å². The number of aliphatic hydroxyl groups excluding tert-OH is 2. The fourth-order valence-electron chi connectivity index (χ4n) is 0.0500. The first kappa shape index (κ1) is 12.8. The summed E-state index contributed by atoms with van der Waals surface area (Å²) in [5.74, 6) is -0.333. The van der Waals surface area contributed by atoms with Crippen molar-refractivity contribution < 1.29 is 10.2 Å². The van der Waals surface area contributed by atoms with E-state index in [2.05, 4.69) is 11.5 Å². The molecule has 5 nitrogen and oxygen atoms in total. The molecular formula is C6H17N3O2. The second kappa shape index (κ2) is 5.94. The lowest BCUT2D eigenvalue weighted by Crippen LogP contribution is -2.20. The van der Waals surface area contributed by atoms with Crippen molar-refractivity contribution in [3.05, 3.63) is 0 Å². The minimum atomic E-state index is -0.333. The van der Waals surface area contributed by atoms with E-state index >= 15 is 0 Å². The molecule has 0 atom stereocenters. The van der Waals surface area contributed by atoms with Crippen molar-refractivity contribution in [1.82, 2.24) is 0 Å². The highest BCUT2D eigenvalue weighted by Gasteiger charge is 2.13. The molecule has 0 unspecified atom stereocenters. The average Bonchev–Trinajstić information content (AvgIpc) is 1.87. The Kier molecular flexibility index (Phi) is 6.92. The summed E-state index contributed by atoms with van der Waals surface area (Å²) < 4.78 is 0. The first-order valence-electron chi connectivity index (χ1n) is 3.17. The van der Waals surface area contributed by atoms with Gasteiger partial charge in [0.2, 0.25) is 0 Å². The van der Waals surface area contributed by atoms with Crippen LogP contribution >= 0.6 is 0 Å². The monoisotopic (exact) mass is 163 g/mol. The van der Waals surface area contributed by atoms with Gasteiger partial charge in [-0.25, -0.2) is 0 Å². The zero-order valence-corrected chi connectivity index (χ0v) is 6.96. The van der Waals surface area contributed by atoms with Gasteiger partial charge < -0.3 is 21.7 Å². The van der Waals surface area contributed by atoms with Crippen LogP contribution in [0.15, 0.2) is 0 Å². The Hall–Kier alpha value is -0.810. The lowest BCUT2D eigenvalue weighted by Gasteiger charge is -2.16. The van der Waals surface area contributed by atoms with E-state index in [1.165, 1.54) is 0 Å². The molecule has 0 saturated heterocycles. The number of nitrogens with two attached hydrogens (primary N) is 2. The second-order valence-corrected chi connectivity index (χ2v) is 2.94. The van der Waals surface area contributed by atoms with Gasteiger partial charge in [0.1, 0.15) is 0 Å². The van der Waals surface area contributed by atoms with Gasteiger partial charge in [-0.3, -0.25) is 5.41 Å². The number of aliphatic hydroxyl groups is 2. The molecule has 0 bridgehead atoms. The van der Waals surface area contributed by atoms with Gasteiger partial charge in [-0.2, -0.15) is 0 Å². The molecule has 0 amide bonds. The summed E-state index contributed by atoms with van der Waals surface area (Å²) in [7, 11) is 0. The topological polar surface area (TPSA) is 116 Å². The maximum atomic E-state index is 8.43. The van der Waals surface area contributed by atoms with E-state index < -0.39 is 0 Å². The first-order valence-corrected chi connectivity index (χ1v) is 3.17. The van der Waals surface area contributed by atoms with Gasteiger partial charge in [0.15, 0.2) is 5.96 Å². The molecule has 0 aliphatic rings. The Labute approximate surface area is 66.5 Å². The van der Waals surface area contributed by atoms with E-state index in [1.807, 2.05) is 0 Å². The van der Waals surface area contributed by atoms with E-state index in [0.29, 0.717) is 0 Å². The third kappa shape index (κ3) is 17.6. The molecule has 0 fully saturated rings. The van der Waals surface area contributed by atoms with Gasteiger partial charge in [-0.05, 0) is 0 Å². The quantitative estimate of drug-likeness (QED) is 0.260. The standard InChI is InChI=1S/C5H12O2.CH5N3/c1-5(2,3-6)4-7;2-1(3)4/h6-7H,3-4H2,1-2H3;(H5,2,3,4). The van der Waals surface area contributed by atoms with Crippen molar-refractivity contribution in [2.75, 3.05) is 13.2 Å². The Morgan fingerprint density at radius 3 is 1.45 bits per heavy atom. The molecule has 0 aliphatic carbocycles. The van der Waals surface area contributed by atoms with E-state index in [1.54, 1.807) is 13.8 Å². The summed E-state index contributed by atoms with van der Waals surface area (Å²) in [4.78, 5) is 0. The van der Waals surface area contributed by atoms with Crippen LogP contribution < -0.4 is 11.5 Å². The van der Waals surface area contributed by atoms with Crippen LogP contribution in [0.2, 0.25) is 0 Å². The molecule has 0 aromatic carbocycles. The number of rotatable bonds is 2. The Morgan fingerprint density at radius 2 is 1.45 bits per heavy atom. The van der Waals surface area contributed by atoms with Crippen LogP contribution in [0.1, 0.15) is 13.8 Å². The maximum Gasteiger partial charge on any atom is 0.183 e. The van der Waals surface area contributed by atoms with E-state index in [9.17, 15) is 0 Å². The molecule has 0 rings (SSSR count). The third-order valence-electron chi connectivity index (χ3n) is 0.856. The molecule has 0 spiro atoms. The zero-order chi connectivity index (χ0) is 9.49. The number of nitrogens with one attached hydrogen (secondary N) is 1. The van der Waals surface area contributed by atoms with Gasteiger partial charge in [0, 0.05) is 5.41 Å². The summed E-state index contributed by atoms with van der Waals surface area (Å²) in [6.45, 7) is 3.69. The number of hydrogen-bond donors (Lipinski definition) is 5. The highest BCUT2D eigenvalue weighted by molar-refractivity contribution is 5.71. The Bertz CT molecular complexity index is 104. The van der Waals surface area contributed by atoms with Crippen molar-refractivity contribution in [1.29, 1.82) is 5.41 Å². The minimum Gasteiger partial charge on any atom is -0.396 e. The fraction of sp³-hybridized carbons (Fsp3) is 0.833. The average molecular weight is 163 g/mol. The van der Waals surface area contributed by atoms with Gasteiger partial charge in [-0.15, -0.1) is 0 Å². The van der Waals surface area contributed by atoms with Crippen LogP contribution in [0.25, 0.3) is 0 Å². The SMILES string of the molecule is CC(C)(CO)CO.N=C(N)N. The second-order valence-electron chi connectivity index (χ2n) is 2.94. The predicted octanol–water partition coefficient (Wildman–Crippen LogP) is -1.16. The van der Waals surface area contributed by atoms with Crippen LogP contribution in [-0.2, 0) is 0 Å². The molecule has 0 aliphatic heterocycles. The molecule has 11 heavy (non-hydrogen) atoms. The molecule has 0 heterocycles. The smallest absolute Gasteiger partial charge is 0.183 e. The molecule has 0 saturated carbocycles. The number of guanidine groups is 1. The van der Waals surface area contributed by atoms with Crippen LogP contribution in [0.5, 0.6) is 0 Å². The maximum absolute atomic E-state index is 8.43. The molecule has 0 aromatic heterocycles. The molecule has 0 aromatic rings. The highest BCUT2D eigenvalue weighted by Crippen LogP contribution is 2.10.